The van der Waals surface area contributed by atoms with Gasteiger partial charge in [-0.25, -0.2) is 0 Å². The molecule has 3 nitrogen and oxygen atoms in total. The molecule has 0 saturated heterocycles. The van der Waals surface area contributed by atoms with E-state index < -0.39 is 0 Å². The Morgan fingerprint density at radius 3 is 2.17 bits per heavy atom. The van der Waals surface area contributed by atoms with Gasteiger partial charge in [0.2, 0.25) is 5.91 Å². The van der Waals surface area contributed by atoms with Crippen molar-refractivity contribution >= 4 is 5.91 Å². The largest absolute Gasteiger partial charge is 0.396 e. The van der Waals surface area contributed by atoms with E-state index in [-0.39, 0.29) is 12.5 Å². The molecule has 0 aliphatic rings. The van der Waals surface area contributed by atoms with Crippen LogP contribution in [0, 0.1) is 0 Å². The van der Waals surface area contributed by atoms with E-state index in [9.17, 15) is 4.79 Å². The molecule has 0 unspecified atom stereocenters. The lowest BCUT2D eigenvalue weighted by Gasteiger charge is -2.03. The van der Waals surface area contributed by atoms with E-state index in [1.807, 2.05) is 0 Å². The number of allylic oxidation sites excluding steroid dienone is 6. The second kappa shape index (κ2) is 19.7. The zero-order valence-electron chi connectivity index (χ0n) is 15.5. The average molecular weight is 336 g/mol. The van der Waals surface area contributed by atoms with Gasteiger partial charge in [-0.15, -0.1) is 0 Å². The second-order valence-electron chi connectivity index (χ2n) is 6.03. The topological polar surface area (TPSA) is 49.3 Å². The number of amides is 1. The normalized spacial score (nSPS) is 11.9. The highest BCUT2D eigenvalue weighted by molar-refractivity contribution is 5.75. The van der Waals surface area contributed by atoms with Crippen molar-refractivity contribution in [3.8, 4) is 0 Å². The highest BCUT2D eigenvalue weighted by Gasteiger charge is 1.99. The minimum atomic E-state index is 0.115. The van der Waals surface area contributed by atoms with Crippen LogP contribution in [0.25, 0.3) is 0 Å². The molecule has 0 saturated carbocycles. The van der Waals surface area contributed by atoms with Crippen LogP contribution in [-0.4, -0.2) is 24.2 Å². The Balaban J connectivity index is 3.28. The van der Waals surface area contributed by atoms with Gasteiger partial charge in [0.05, 0.1) is 0 Å². The van der Waals surface area contributed by atoms with Crippen LogP contribution in [0.5, 0.6) is 0 Å². The van der Waals surface area contributed by atoms with Crippen LogP contribution in [-0.2, 0) is 4.79 Å². The van der Waals surface area contributed by atoms with Gasteiger partial charge in [-0.05, 0) is 44.9 Å². The average Bonchev–Trinajstić information content (AvgIpc) is 2.58. The standard InChI is InChI=1S/C21H37NO2/c1-2-3-4-5-6-7-8-9-10-11-12-13-14-15-16-18-21(24)22-19-17-20-23/h3-4,6-7,9-10,23H,2,5,8,11-20H2,1H3,(H,22,24)/b4-3+,7-6+,10-9+. The number of aliphatic hydroxyl groups excluding tert-OH is 1. The number of nitrogens with one attached hydrogen (secondary N) is 1. The molecular weight excluding hydrogens is 298 g/mol. The summed E-state index contributed by atoms with van der Waals surface area (Å²) in [5.41, 5.74) is 0. The van der Waals surface area contributed by atoms with Gasteiger partial charge in [0.15, 0.2) is 0 Å². The molecular formula is C21H37NO2. The van der Waals surface area contributed by atoms with Crippen LogP contribution < -0.4 is 5.32 Å². The first-order valence-electron chi connectivity index (χ1n) is 9.63. The van der Waals surface area contributed by atoms with Gasteiger partial charge in [0.25, 0.3) is 0 Å². The number of unbranched alkanes of at least 4 members (excludes halogenated alkanes) is 5. The molecule has 138 valence electrons. The van der Waals surface area contributed by atoms with Gasteiger partial charge in [-0.2, -0.15) is 0 Å². The van der Waals surface area contributed by atoms with Crippen LogP contribution in [0.2, 0.25) is 0 Å². The molecule has 1 amide bonds. The fourth-order valence-electron chi connectivity index (χ4n) is 2.30. The van der Waals surface area contributed by atoms with Crippen LogP contribution in [0.4, 0.5) is 0 Å². The Morgan fingerprint density at radius 1 is 0.833 bits per heavy atom. The molecule has 0 rings (SSSR count). The second-order valence-corrected chi connectivity index (χ2v) is 6.03. The molecule has 2 N–H and O–H groups in total. The first kappa shape index (κ1) is 22.6. The van der Waals surface area contributed by atoms with E-state index in [0.29, 0.717) is 19.4 Å². The molecule has 0 atom stereocenters. The van der Waals surface area contributed by atoms with E-state index in [1.165, 1.54) is 19.3 Å². The quantitative estimate of drug-likeness (QED) is 0.305. The molecule has 0 aromatic rings. The zero-order valence-corrected chi connectivity index (χ0v) is 15.5. The summed E-state index contributed by atoms with van der Waals surface area (Å²) in [6.07, 6.45) is 24.8. The van der Waals surface area contributed by atoms with Gasteiger partial charge in [0.1, 0.15) is 0 Å². The van der Waals surface area contributed by atoms with Crippen molar-refractivity contribution in [1.82, 2.24) is 5.32 Å². The molecule has 0 aromatic heterocycles. The molecule has 0 bridgehead atoms. The third kappa shape index (κ3) is 18.7. The monoisotopic (exact) mass is 335 g/mol. The smallest absolute Gasteiger partial charge is 0.219 e. The van der Waals surface area contributed by atoms with Crippen LogP contribution >= 0.6 is 0 Å². The summed E-state index contributed by atoms with van der Waals surface area (Å²) in [5, 5.41) is 11.5. The van der Waals surface area contributed by atoms with Gasteiger partial charge in [-0.1, -0.05) is 62.6 Å². The molecule has 0 heterocycles. The number of aliphatic hydroxyl groups is 1. The SMILES string of the molecule is CC/C=C/C/C=C/C/C=C/CCCCCCCC(=O)NCCCO. The third-order valence-electron chi connectivity index (χ3n) is 3.71. The van der Waals surface area contributed by atoms with Crippen molar-refractivity contribution in [2.45, 2.75) is 77.6 Å². The number of hydrogen-bond acceptors (Lipinski definition) is 2. The molecule has 0 aromatic carbocycles. The van der Waals surface area contributed by atoms with Crippen molar-refractivity contribution < 1.29 is 9.90 Å². The van der Waals surface area contributed by atoms with Crippen molar-refractivity contribution in [2.24, 2.45) is 0 Å². The first-order chi connectivity index (χ1) is 11.8. The molecule has 0 aliphatic carbocycles. The van der Waals surface area contributed by atoms with E-state index in [0.717, 1.165) is 38.5 Å². The van der Waals surface area contributed by atoms with E-state index in [1.54, 1.807) is 0 Å². The minimum absolute atomic E-state index is 0.115. The predicted octanol–water partition coefficient (Wildman–Crippen LogP) is 5.07. The maximum absolute atomic E-state index is 11.4. The summed E-state index contributed by atoms with van der Waals surface area (Å²) in [7, 11) is 0. The molecule has 0 spiro atoms. The fourth-order valence-corrected chi connectivity index (χ4v) is 2.30. The maximum Gasteiger partial charge on any atom is 0.219 e. The Bertz CT molecular complexity index is 359. The van der Waals surface area contributed by atoms with Crippen molar-refractivity contribution in [3.63, 3.8) is 0 Å². The summed E-state index contributed by atoms with van der Waals surface area (Å²) in [4.78, 5) is 11.4. The summed E-state index contributed by atoms with van der Waals surface area (Å²) in [6, 6.07) is 0. The van der Waals surface area contributed by atoms with E-state index in [4.69, 9.17) is 5.11 Å². The number of hydrogen-bond donors (Lipinski definition) is 2. The zero-order chi connectivity index (χ0) is 17.7. The summed E-state index contributed by atoms with van der Waals surface area (Å²) in [6.45, 7) is 2.88. The summed E-state index contributed by atoms with van der Waals surface area (Å²) in [5.74, 6) is 0.115. The van der Waals surface area contributed by atoms with Crippen molar-refractivity contribution in [1.29, 1.82) is 0 Å². The molecule has 3 heteroatoms. The first-order valence-corrected chi connectivity index (χ1v) is 9.63. The molecule has 0 radical (unpaired) electrons. The Hall–Kier alpha value is -1.35. The molecule has 24 heavy (non-hydrogen) atoms. The van der Waals surface area contributed by atoms with Gasteiger partial charge >= 0.3 is 0 Å². The van der Waals surface area contributed by atoms with E-state index >= 15 is 0 Å². The fraction of sp³-hybridized carbons (Fsp3) is 0.667. The summed E-state index contributed by atoms with van der Waals surface area (Å²) < 4.78 is 0. The van der Waals surface area contributed by atoms with Crippen LogP contribution in [0.1, 0.15) is 77.6 Å². The van der Waals surface area contributed by atoms with Gasteiger partial charge in [0, 0.05) is 19.6 Å². The highest BCUT2D eigenvalue weighted by Crippen LogP contribution is 2.08. The van der Waals surface area contributed by atoms with Crippen molar-refractivity contribution in [2.75, 3.05) is 13.2 Å². The van der Waals surface area contributed by atoms with Crippen LogP contribution in [0.3, 0.4) is 0 Å². The lowest BCUT2D eigenvalue weighted by molar-refractivity contribution is -0.121. The Kier molecular flexibility index (Phi) is 18.6. The number of carbonyl (C=O) groups excluding carboxylic acids is 1. The minimum Gasteiger partial charge on any atom is -0.396 e. The lowest BCUT2D eigenvalue weighted by Crippen LogP contribution is -2.24. The molecule has 0 aliphatic heterocycles. The maximum atomic E-state index is 11.4. The Labute approximate surface area is 148 Å². The van der Waals surface area contributed by atoms with Crippen LogP contribution in [0.15, 0.2) is 36.5 Å². The van der Waals surface area contributed by atoms with E-state index in [2.05, 4.69) is 48.7 Å². The third-order valence-corrected chi connectivity index (χ3v) is 3.71. The van der Waals surface area contributed by atoms with Gasteiger partial charge < -0.3 is 10.4 Å². The molecule has 0 fully saturated rings. The number of carbonyl (C=O) groups is 1. The lowest BCUT2D eigenvalue weighted by atomic mass is 10.1. The van der Waals surface area contributed by atoms with Gasteiger partial charge in [-0.3, -0.25) is 4.79 Å². The summed E-state index contributed by atoms with van der Waals surface area (Å²) >= 11 is 0. The predicted molar refractivity (Wildman–Crippen MR) is 104 cm³/mol. The highest BCUT2D eigenvalue weighted by atomic mass is 16.3. The number of rotatable bonds is 16. The van der Waals surface area contributed by atoms with Crippen molar-refractivity contribution in [3.05, 3.63) is 36.5 Å². The Morgan fingerprint density at radius 2 is 1.46 bits per heavy atom.